The maximum atomic E-state index is 10.5. The van der Waals surface area contributed by atoms with Gasteiger partial charge in [-0.2, -0.15) is 0 Å². The van der Waals surface area contributed by atoms with Gasteiger partial charge in [-0.1, -0.05) is 71.3 Å². The highest BCUT2D eigenvalue weighted by Gasteiger charge is 2.56. The van der Waals surface area contributed by atoms with Gasteiger partial charge in [-0.3, -0.25) is 0 Å². The molecular formula is C30H50O. The number of aliphatic hydroxyl groups excluding tert-OH is 1. The lowest BCUT2D eigenvalue weighted by Gasteiger charge is -2.56. The van der Waals surface area contributed by atoms with E-state index in [0.29, 0.717) is 22.7 Å². The summed E-state index contributed by atoms with van der Waals surface area (Å²) in [6, 6.07) is 0. The van der Waals surface area contributed by atoms with Crippen molar-refractivity contribution in [1.82, 2.24) is 0 Å². The molecule has 1 heteroatoms. The van der Waals surface area contributed by atoms with Crippen molar-refractivity contribution in [2.75, 3.05) is 0 Å². The van der Waals surface area contributed by atoms with E-state index in [2.05, 4.69) is 41.5 Å². The van der Waals surface area contributed by atoms with Crippen molar-refractivity contribution in [3.05, 3.63) is 23.3 Å². The van der Waals surface area contributed by atoms with Gasteiger partial charge in [0.05, 0.1) is 6.10 Å². The van der Waals surface area contributed by atoms with Gasteiger partial charge in [-0.05, 0) is 111 Å². The van der Waals surface area contributed by atoms with Crippen LogP contribution in [0.4, 0.5) is 0 Å². The molecule has 0 spiro atoms. The van der Waals surface area contributed by atoms with E-state index in [9.17, 15) is 5.11 Å². The van der Waals surface area contributed by atoms with Gasteiger partial charge in [-0.15, -0.1) is 0 Å². The van der Waals surface area contributed by atoms with Crippen LogP contribution < -0.4 is 0 Å². The average molecular weight is 427 g/mol. The molecule has 1 N–H and O–H groups in total. The van der Waals surface area contributed by atoms with Crippen LogP contribution in [0.3, 0.4) is 0 Å². The predicted molar refractivity (Wildman–Crippen MR) is 133 cm³/mol. The van der Waals surface area contributed by atoms with Crippen LogP contribution in [0.1, 0.15) is 112 Å². The van der Waals surface area contributed by atoms with Crippen LogP contribution in [0.5, 0.6) is 0 Å². The monoisotopic (exact) mass is 426 g/mol. The van der Waals surface area contributed by atoms with Crippen molar-refractivity contribution in [2.24, 2.45) is 46.3 Å². The predicted octanol–water partition coefficient (Wildman–Crippen LogP) is 8.34. The first kappa shape index (κ1) is 23.6. The maximum Gasteiger partial charge on any atom is 0.0569 e. The van der Waals surface area contributed by atoms with Gasteiger partial charge in [0.1, 0.15) is 0 Å². The number of aliphatic hydroxyl groups is 1. The Balaban J connectivity index is 1.53. The molecule has 0 amide bonds. The quantitative estimate of drug-likeness (QED) is 0.423. The number of fused-ring (bicyclic) bond motifs is 4. The molecule has 8 atom stereocenters. The van der Waals surface area contributed by atoms with E-state index in [1.807, 2.05) is 11.1 Å². The molecule has 2 saturated carbocycles. The van der Waals surface area contributed by atoms with Crippen LogP contribution in [0.15, 0.2) is 23.3 Å². The average Bonchev–Trinajstić information content (AvgIpc) is 3.08. The van der Waals surface area contributed by atoms with Crippen molar-refractivity contribution in [2.45, 2.75) is 118 Å². The molecule has 4 rings (SSSR count). The van der Waals surface area contributed by atoms with E-state index in [0.717, 1.165) is 30.1 Å². The molecule has 176 valence electrons. The third-order valence-electron chi connectivity index (χ3n) is 11.3. The second-order valence-corrected chi connectivity index (χ2v) is 12.8. The first-order chi connectivity index (χ1) is 14.6. The summed E-state index contributed by atoms with van der Waals surface area (Å²) >= 11 is 0. The molecule has 0 aromatic carbocycles. The fourth-order valence-electron chi connectivity index (χ4n) is 9.13. The highest BCUT2D eigenvalue weighted by atomic mass is 16.3. The highest BCUT2D eigenvalue weighted by Crippen LogP contribution is 2.66. The number of allylic oxidation sites excluding steroid dienone is 3. The van der Waals surface area contributed by atoms with Gasteiger partial charge in [0, 0.05) is 0 Å². The zero-order chi connectivity index (χ0) is 22.6. The Bertz CT molecular complexity index is 716. The molecule has 4 aliphatic carbocycles. The zero-order valence-electron chi connectivity index (χ0n) is 21.5. The summed E-state index contributed by atoms with van der Waals surface area (Å²) in [7, 11) is 0. The van der Waals surface area contributed by atoms with Crippen LogP contribution in [0, 0.1) is 46.3 Å². The molecule has 0 saturated heterocycles. The Morgan fingerprint density at radius 3 is 2.52 bits per heavy atom. The van der Waals surface area contributed by atoms with Crippen LogP contribution >= 0.6 is 0 Å². The first-order valence-corrected chi connectivity index (χ1v) is 13.7. The maximum absolute atomic E-state index is 10.5. The summed E-state index contributed by atoms with van der Waals surface area (Å²) in [5.41, 5.74) is 6.09. The summed E-state index contributed by atoms with van der Waals surface area (Å²) in [6.07, 6.45) is 14.0. The minimum absolute atomic E-state index is 0.0777. The van der Waals surface area contributed by atoms with E-state index < -0.39 is 0 Å². The molecule has 4 aliphatic rings. The van der Waals surface area contributed by atoms with Crippen molar-refractivity contribution in [3.8, 4) is 0 Å². The Hall–Kier alpha value is -0.560. The van der Waals surface area contributed by atoms with E-state index in [1.54, 1.807) is 5.57 Å². The zero-order valence-corrected chi connectivity index (χ0v) is 21.5. The van der Waals surface area contributed by atoms with E-state index >= 15 is 0 Å². The Morgan fingerprint density at radius 1 is 1.10 bits per heavy atom. The lowest BCUT2D eigenvalue weighted by molar-refractivity contribution is -0.0323. The van der Waals surface area contributed by atoms with Crippen LogP contribution in [0.2, 0.25) is 0 Å². The second kappa shape index (κ2) is 8.66. The molecule has 0 aromatic heterocycles. The third-order valence-corrected chi connectivity index (χ3v) is 11.3. The van der Waals surface area contributed by atoms with Crippen molar-refractivity contribution in [3.63, 3.8) is 0 Å². The Morgan fingerprint density at radius 2 is 1.84 bits per heavy atom. The van der Waals surface area contributed by atoms with Gasteiger partial charge < -0.3 is 5.11 Å². The summed E-state index contributed by atoms with van der Waals surface area (Å²) in [6.45, 7) is 19.4. The Kier molecular flexibility index (Phi) is 6.59. The molecule has 2 fully saturated rings. The first-order valence-electron chi connectivity index (χ1n) is 13.7. The normalized spacial score (nSPS) is 43.4. The van der Waals surface area contributed by atoms with Crippen molar-refractivity contribution >= 4 is 0 Å². The standard InChI is InChI=1S/C30H50O/c1-8-22(19(2)3)10-9-20(4)24-13-14-26-23-11-12-25-21(5)28(31)16-18-30(25,7)27(23)15-17-29(24,26)6/h19,21-22,24-26,28,31H,4,8-18H2,1-3,5-7H3/t21-,22?,24+,25-,26-,28-,29+,30-/m0/s1. The van der Waals surface area contributed by atoms with Gasteiger partial charge in [0.25, 0.3) is 0 Å². The smallest absolute Gasteiger partial charge is 0.0569 e. The molecule has 0 bridgehead atoms. The number of hydrogen-bond acceptors (Lipinski definition) is 1. The third kappa shape index (κ3) is 3.79. The van der Waals surface area contributed by atoms with Crippen LogP contribution in [-0.2, 0) is 0 Å². The lowest BCUT2D eigenvalue weighted by Crippen LogP contribution is -2.48. The molecule has 0 aliphatic heterocycles. The van der Waals surface area contributed by atoms with E-state index in [1.165, 1.54) is 64.2 Å². The number of hydrogen-bond donors (Lipinski definition) is 1. The fourth-order valence-corrected chi connectivity index (χ4v) is 9.13. The summed E-state index contributed by atoms with van der Waals surface area (Å²) in [5, 5.41) is 10.5. The SMILES string of the molecule is C=C(CCC(CC)C(C)C)[C@H]1CC[C@H]2C3=C(CC[C@]12C)[C@@]1(C)CC[C@H](O)[C@@H](C)[C@@H]1CC3. The second-order valence-electron chi connectivity index (χ2n) is 12.8. The Labute approximate surface area is 193 Å². The fraction of sp³-hybridized carbons (Fsp3) is 0.867. The topological polar surface area (TPSA) is 20.2 Å². The van der Waals surface area contributed by atoms with E-state index in [-0.39, 0.29) is 6.10 Å². The molecule has 1 unspecified atom stereocenters. The minimum atomic E-state index is -0.0777. The van der Waals surface area contributed by atoms with Gasteiger partial charge in [-0.25, -0.2) is 0 Å². The molecular weight excluding hydrogens is 376 g/mol. The van der Waals surface area contributed by atoms with Crippen LogP contribution in [0.25, 0.3) is 0 Å². The number of rotatable bonds is 6. The summed E-state index contributed by atoms with van der Waals surface area (Å²) in [4.78, 5) is 0. The van der Waals surface area contributed by atoms with Crippen molar-refractivity contribution in [1.29, 1.82) is 0 Å². The molecule has 0 aromatic rings. The highest BCUT2D eigenvalue weighted by molar-refractivity contribution is 5.36. The van der Waals surface area contributed by atoms with Gasteiger partial charge in [0.2, 0.25) is 0 Å². The van der Waals surface area contributed by atoms with Crippen LogP contribution in [-0.4, -0.2) is 11.2 Å². The van der Waals surface area contributed by atoms with E-state index in [4.69, 9.17) is 6.58 Å². The molecule has 1 nitrogen and oxygen atoms in total. The molecule has 31 heavy (non-hydrogen) atoms. The molecule has 0 heterocycles. The van der Waals surface area contributed by atoms with Gasteiger partial charge >= 0.3 is 0 Å². The van der Waals surface area contributed by atoms with Gasteiger partial charge in [0.15, 0.2) is 0 Å². The van der Waals surface area contributed by atoms with Crippen molar-refractivity contribution < 1.29 is 5.11 Å². The summed E-state index contributed by atoms with van der Waals surface area (Å²) < 4.78 is 0. The lowest BCUT2D eigenvalue weighted by atomic mass is 9.49. The largest absolute Gasteiger partial charge is 0.393 e. The summed E-state index contributed by atoms with van der Waals surface area (Å²) in [5.74, 6) is 4.32. The molecule has 0 radical (unpaired) electrons. The minimum Gasteiger partial charge on any atom is -0.393 e.